The van der Waals surface area contributed by atoms with Gasteiger partial charge in [-0.2, -0.15) is 0 Å². The first kappa shape index (κ1) is 13.7. The van der Waals surface area contributed by atoms with E-state index in [0.717, 1.165) is 0 Å². The Balaban J connectivity index is 2.08. The summed E-state index contributed by atoms with van der Waals surface area (Å²) < 4.78 is 5.63. The lowest BCUT2D eigenvalue weighted by Crippen LogP contribution is -1.86. The zero-order valence-electron chi connectivity index (χ0n) is 10.7. The standard InChI is InChI=1S/C14H10Cl2N4O/c15-11-3-1-7(17)5-9(11)13-19-20-14(21-13)10-6-8(18)2-4-12(10)16/h1-6H,17-18H2. The van der Waals surface area contributed by atoms with Gasteiger partial charge in [0.15, 0.2) is 0 Å². The highest BCUT2D eigenvalue weighted by Crippen LogP contribution is 2.33. The Bertz CT molecular complexity index is 750. The molecule has 0 saturated heterocycles. The molecule has 0 amide bonds. The number of hydrogen-bond acceptors (Lipinski definition) is 5. The van der Waals surface area contributed by atoms with E-state index in [1.807, 2.05) is 0 Å². The number of anilines is 2. The molecule has 1 heterocycles. The van der Waals surface area contributed by atoms with Crippen molar-refractivity contribution < 1.29 is 4.42 Å². The number of rotatable bonds is 2. The molecule has 4 N–H and O–H groups in total. The van der Waals surface area contributed by atoms with Gasteiger partial charge in [-0.15, -0.1) is 10.2 Å². The Morgan fingerprint density at radius 3 is 1.62 bits per heavy atom. The van der Waals surface area contributed by atoms with E-state index in [2.05, 4.69) is 10.2 Å². The van der Waals surface area contributed by atoms with Gasteiger partial charge in [0.2, 0.25) is 11.8 Å². The van der Waals surface area contributed by atoms with Crippen molar-refractivity contribution in [2.24, 2.45) is 0 Å². The van der Waals surface area contributed by atoms with Gasteiger partial charge in [0, 0.05) is 11.4 Å². The summed E-state index contributed by atoms with van der Waals surface area (Å²) >= 11 is 12.2. The molecule has 3 aromatic rings. The summed E-state index contributed by atoms with van der Waals surface area (Å²) in [5.74, 6) is 0.529. The van der Waals surface area contributed by atoms with Crippen LogP contribution in [0, 0.1) is 0 Å². The van der Waals surface area contributed by atoms with Gasteiger partial charge in [0.05, 0.1) is 21.2 Å². The molecule has 21 heavy (non-hydrogen) atoms. The van der Waals surface area contributed by atoms with E-state index in [0.29, 0.717) is 32.5 Å². The first-order valence-electron chi connectivity index (χ1n) is 5.99. The molecule has 0 saturated carbocycles. The maximum Gasteiger partial charge on any atom is 0.249 e. The minimum absolute atomic E-state index is 0.265. The van der Waals surface area contributed by atoms with Crippen LogP contribution in [0.15, 0.2) is 40.8 Å². The average molecular weight is 321 g/mol. The average Bonchev–Trinajstić information content (AvgIpc) is 2.93. The van der Waals surface area contributed by atoms with Crippen molar-refractivity contribution in [2.45, 2.75) is 0 Å². The van der Waals surface area contributed by atoms with Crippen molar-refractivity contribution in [3.63, 3.8) is 0 Å². The summed E-state index contributed by atoms with van der Waals surface area (Å²) in [4.78, 5) is 0. The molecular formula is C14H10Cl2N4O. The summed E-state index contributed by atoms with van der Waals surface area (Å²) in [5, 5.41) is 8.90. The van der Waals surface area contributed by atoms with Crippen LogP contribution in [-0.4, -0.2) is 10.2 Å². The smallest absolute Gasteiger partial charge is 0.249 e. The molecular weight excluding hydrogens is 311 g/mol. The molecule has 0 aliphatic carbocycles. The van der Waals surface area contributed by atoms with Crippen molar-refractivity contribution in [1.29, 1.82) is 0 Å². The highest BCUT2D eigenvalue weighted by molar-refractivity contribution is 6.33. The molecule has 0 fully saturated rings. The lowest BCUT2D eigenvalue weighted by atomic mass is 10.2. The molecule has 0 atom stereocenters. The van der Waals surface area contributed by atoms with Crippen molar-refractivity contribution in [3.05, 3.63) is 46.4 Å². The van der Waals surface area contributed by atoms with Crippen LogP contribution < -0.4 is 11.5 Å². The number of hydrogen-bond donors (Lipinski definition) is 2. The van der Waals surface area contributed by atoms with Crippen LogP contribution >= 0.6 is 23.2 Å². The van der Waals surface area contributed by atoms with Crippen LogP contribution in [-0.2, 0) is 0 Å². The lowest BCUT2D eigenvalue weighted by molar-refractivity contribution is 0.584. The summed E-state index contributed by atoms with van der Waals surface area (Å²) in [6.45, 7) is 0. The number of nitrogen functional groups attached to an aromatic ring is 2. The minimum Gasteiger partial charge on any atom is -0.416 e. The van der Waals surface area contributed by atoms with E-state index in [9.17, 15) is 0 Å². The summed E-state index contributed by atoms with van der Waals surface area (Å²) in [7, 11) is 0. The Labute approximate surface area is 130 Å². The number of benzene rings is 2. The Kier molecular flexibility index (Phi) is 3.45. The highest BCUT2D eigenvalue weighted by Gasteiger charge is 2.15. The van der Waals surface area contributed by atoms with Gasteiger partial charge >= 0.3 is 0 Å². The summed E-state index contributed by atoms with van der Waals surface area (Å²) in [6.07, 6.45) is 0. The first-order valence-corrected chi connectivity index (χ1v) is 6.74. The van der Waals surface area contributed by atoms with Crippen LogP contribution in [0.25, 0.3) is 22.9 Å². The Hall–Kier alpha value is -2.24. The van der Waals surface area contributed by atoms with Crippen molar-refractivity contribution in [3.8, 4) is 22.9 Å². The fraction of sp³-hybridized carbons (Fsp3) is 0. The molecule has 7 heteroatoms. The Morgan fingerprint density at radius 2 is 1.19 bits per heavy atom. The number of nitrogens with zero attached hydrogens (tertiary/aromatic N) is 2. The first-order chi connectivity index (χ1) is 10.0. The van der Waals surface area contributed by atoms with Gasteiger partial charge in [-0.3, -0.25) is 0 Å². The van der Waals surface area contributed by atoms with Gasteiger partial charge in [0.1, 0.15) is 0 Å². The van der Waals surface area contributed by atoms with Crippen LogP contribution in [0.4, 0.5) is 11.4 Å². The van der Waals surface area contributed by atoms with Crippen LogP contribution in [0.5, 0.6) is 0 Å². The monoisotopic (exact) mass is 320 g/mol. The molecule has 0 aliphatic heterocycles. The lowest BCUT2D eigenvalue weighted by Gasteiger charge is -2.01. The van der Waals surface area contributed by atoms with Crippen LogP contribution in [0.2, 0.25) is 10.0 Å². The fourth-order valence-corrected chi connectivity index (χ4v) is 2.25. The van der Waals surface area contributed by atoms with Crippen molar-refractivity contribution in [1.82, 2.24) is 10.2 Å². The van der Waals surface area contributed by atoms with Crippen molar-refractivity contribution in [2.75, 3.05) is 11.5 Å². The highest BCUT2D eigenvalue weighted by atomic mass is 35.5. The van der Waals surface area contributed by atoms with E-state index in [1.54, 1.807) is 36.4 Å². The Morgan fingerprint density at radius 1 is 0.762 bits per heavy atom. The molecule has 0 spiro atoms. The largest absolute Gasteiger partial charge is 0.416 e. The summed E-state index contributed by atoms with van der Waals surface area (Å²) in [5.41, 5.74) is 13.7. The van der Waals surface area contributed by atoms with E-state index in [-0.39, 0.29) is 11.8 Å². The molecule has 0 aliphatic rings. The maximum absolute atomic E-state index is 6.11. The summed E-state index contributed by atoms with van der Waals surface area (Å²) in [6, 6.07) is 10.1. The van der Waals surface area contributed by atoms with Gasteiger partial charge in [-0.25, -0.2) is 0 Å². The molecule has 106 valence electrons. The molecule has 1 aromatic heterocycles. The fourth-order valence-electron chi connectivity index (χ4n) is 1.85. The predicted octanol–water partition coefficient (Wildman–Crippen LogP) is 3.87. The normalized spacial score (nSPS) is 10.8. The quantitative estimate of drug-likeness (QED) is 0.699. The molecule has 0 radical (unpaired) electrons. The number of nitrogens with two attached hydrogens (primary N) is 2. The third-order valence-corrected chi connectivity index (χ3v) is 3.53. The third-order valence-electron chi connectivity index (χ3n) is 2.87. The van der Waals surface area contributed by atoms with E-state index >= 15 is 0 Å². The SMILES string of the molecule is Nc1ccc(Cl)c(-c2nnc(-c3cc(N)ccc3Cl)o2)c1. The van der Waals surface area contributed by atoms with E-state index in [1.165, 1.54) is 0 Å². The molecule has 5 nitrogen and oxygen atoms in total. The number of aromatic nitrogens is 2. The minimum atomic E-state index is 0.265. The molecule has 3 rings (SSSR count). The van der Waals surface area contributed by atoms with Gasteiger partial charge < -0.3 is 15.9 Å². The topological polar surface area (TPSA) is 91.0 Å². The second-order valence-corrected chi connectivity index (χ2v) is 5.21. The second-order valence-electron chi connectivity index (χ2n) is 4.39. The van der Waals surface area contributed by atoms with E-state index < -0.39 is 0 Å². The third kappa shape index (κ3) is 2.66. The molecule has 0 unspecified atom stereocenters. The maximum atomic E-state index is 6.11. The van der Waals surface area contributed by atoms with Gasteiger partial charge in [-0.05, 0) is 36.4 Å². The van der Waals surface area contributed by atoms with E-state index in [4.69, 9.17) is 39.1 Å². The molecule has 0 bridgehead atoms. The van der Waals surface area contributed by atoms with Gasteiger partial charge in [0.25, 0.3) is 0 Å². The number of halogens is 2. The van der Waals surface area contributed by atoms with Gasteiger partial charge in [-0.1, -0.05) is 23.2 Å². The molecule has 2 aromatic carbocycles. The zero-order chi connectivity index (χ0) is 15.0. The van der Waals surface area contributed by atoms with Crippen LogP contribution in [0.3, 0.4) is 0 Å². The zero-order valence-corrected chi connectivity index (χ0v) is 12.2. The second kappa shape index (κ2) is 5.27. The van der Waals surface area contributed by atoms with Crippen molar-refractivity contribution >= 4 is 34.6 Å². The van der Waals surface area contributed by atoms with Crippen LogP contribution in [0.1, 0.15) is 0 Å². The predicted molar refractivity (Wildman–Crippen MR) is 84.0 cm³/mol.